The molecule has 1 aliphatic rings. The molecule has 1 amide bonds. The number of fused-ring (bicyclic) bond motifs is 1. The SMILES string of the molecule is COc1ccccc1NC(=O)/C(C#N)=C\c1cccc2c1OCCCO2. The average Bonchev–Trinajstić information content (AvgIpc) is 2.92. The molecule has 0 saturated heterocycles. The molecule has 0 radical (unpaired) electrons. The first kappa shape index (κ1) is 17.4. The normalized spacial score (nSPS) is 13.3. The Kier molecular flexibility index (Phi) is 5.40. The lowest BCUT2D eigenvalue weighted by atomic mass is 10.1. The van der Waals surface area contributed by atoms with Crippen molar-refractivity contribution in [1.29, 1.82) is 5.26 Å². The van der Waals surface area contributed by atoms with Gasteiger partial charge < -0.3 is 19.5 Å². The Balaban J connectivity index is 1.89. The van der Waals surface area contributed by atoms with Crippen LogP contribution in [0.2, 0.25) is 0 Å². The van der Waals surface area contributed by atoms with E-state index in [1.165, 1.54) is 13.2 Å². The lowest BCUT2D eigenvalue weighted by Gasteiger charge is -2.11. The number of rotatable bonds is 4. The second-order valence-corrected chi connectivity index (χ2v) is 5.55. The van der Waals surface area contributed by atoms with Gasteiger partial charge in [0.25, 0.3) is 5.91 Å². The Labute approximate surface area is 151 Å². The first-order valence-electron chi connectivity index (χ1n) is 8.17. The van der Waals surface area contributed by atoms with Crippen LogP contribution in [-0.4, -0.2) is 26.2 Å². The summed E-state index contributed by atoms with van der Waals surface area (Å²) in [5.41, 5.74) is 1.07. The monoisotopic (exact) mass is 350 g/mol. The number of nitrogens with zero attached hydrogens (tertiary/aromatic N) is 1. The second kappa shape index (κ2) is 8.08. The minimum absolute atomic E-state index is 0.0443. The first-order chi connectivity index (χ1) is 12.7. The molecule has 0 bridgehead atoms. The topological polar surface area (TPSA) is 80.6 Å². The molecule has 6 nitrogen and oxygen atoms in total. The van der Waals surface area contributed by atoms with Crippen LogP contribution < -0.4 is 19.5 Å². The fraction of sp³-hybridized carbons (Fsp3) is 0.200. The standard InChI is InChI=1S/C20H18N2O4/c1-24-17-8-3-2-7-16(17)22-20(23)15(13-21)12-14-6-4-9-18-19(14)26-11-5-10-25-18/h2-4,6-9,12H,5,10-11H2,1H3,(H,22,23)/b15-12-. The van der Waals surface area contributed by atoms with Gasteiger partial charge in [0.05, 0.1) is 26.0 Å². The fourth-order valence-electron chi connectivity index (χ4n) is 2.57. The van der Waals surface area contributed by atoms with Gasteiger partial charge in [-0.3, -0.25) is 4.79 Å². The Bertz CT molecular complexity index is 884. The van der Waals surface area contributed by atoms with E-state index in [4.69, 9.17) is 14.2 Å². The van der Waals surface area contributed by atoms with Gasteiger partial charge in [-0.1, -0.05) is 24.3 Å². The molecule has 2 aromatic carbocycles. The molecule has 6 heteroatoms. The second-order valence-electron chi connectivity index (χ2n) is 5.55. The lowest BCUT2D eigenvalue weighted by molar-refractivity contribution is -0.112. The summed E-state index contributed by atoms with van der Waals surface area (Å²) in [4.78, 5) is 12.5. The summed E-state index contributed by atoms with van der Waals surface area (Å²) in [7, 11) is 1.52. The number of nitrogens with one attached hydrogen (secondary N) is 1. The third kappa shape index (κ3) is 3.78. The zero-order chi connectivity index (χ0) is 18.4. The molecule has 1 aliphatic heterocycles. The molecule has 26 heavy (non-hydrogen) atoms. The first-order valence-corrected chi connectivity index (χ1v) is 8.17. The summed E-state index contributed by atoms with van der Waals surface area (Å²) < 4.78 is 16.6. The highest BCUT2D eigenvalue weighted by atomic mass is 16.5. The van der Waals surface area contributed by atoms with Crippen molar-refractivity contribution in [2.75, 3.05) is 25.6 Å². The molecule has 0 aromatic heterocycles. The number of anilines is 1. The van der Waals surface area contributed by atoms with Crippen LogP contribution in [0.3, 0.4) is 0 Å². The van der Waals surface area contributed by atoms with Crippen molar-refractivity contribution in [2.45, 2.75) is 6.42 Å². The van der Waals surface area contributed by atoms with Crippen LogP contribution in [0.25, 0.3) is 6.08 Å². The fourth-order valence-corrected chi connectivity index (χ4v) is 2.57. The molecule has 0 unspecified atom stereocenters. The molecular formula is C20H18N2O4. The number of carbonyl (C=O) groups excluding carboxylic acids is 1. The summed E-state index contributed by atoms with van der Waals surface area (Å²) in [5.74, 6) is 1.15. The maximum atomic E-state index is 12.5. The Morgan fingerprint density at radius 3 is 2.81 bits per heavy atom. The minimum atomic E-state index is -0.524. The molecule has 0 atom stereocenters. The van der Waals surface area contributed by atoms with E-state index in [1.54, 1.807) is 42.5 Å². The van der Waals surface area contributed by atoms with Gasteiger partial charge in [0, 0.05) is 12.0 Å². The predicted octanol–water partition coefficient (Wildman–Crippen LogP) is 3.40. The van der Waals surface area contributed by atoms with Crippen molar-refractivity contribution in [3.8, 4) is 23.3 Å². The van der Waals surface area contributed by atoms with Crippen LogP contribution in [0.4, 0.5) is 5.69 Å². The minimum Gasteiger partial charge on any atom is -0.495 e. The average molecular weight is 350 g/mol. The van der Waals surface area contributed by atoms with Crippen molar-refractivity contribution >= 4 is 17.7 Å². The summed E-state index contributed by atoms with van der Waals surface area (Å²) in [6.07, 6.45) is 2.27. The highest BCUT2D eigenvalue weighted by Crippen LogP contribution is 2.34. The van der Waals surface area contributed by atoms with Crippen LogP contribution in [-0.2, 0) is 4.79 Å². The van der Waals surface area contributed by atoms with E-state index in [2.05, 4.69) is 5.32 Å². The van der Waals surface area contributed by atoms with Gasteiger partial charge in [0.2, 0.25) is 0 Å². The van der Waals surface area contributed by atoms with Crippen LogP contribution in [0.1, 0.15) is 12.0 Å². The quantitative estimate of drug-likeness (QED) is 0.675. The third-order valence-electron chi connectivity index (χ3n) is 3.82. The molecule has 132 valence electrons. The maximum absolute atomic E-state index is 12.5. The number of nitriles is 1. The zero-order valence-electron chi connectivity index (χ0n) is 14.3. The van der Waals surface area contributed by atoms with E-state index >= 15 is 0 Å². The Morgan fingerprint density at radius 1 is 1.19 bits per heavy atom. The Hall–Kier alpha value is -3.46. The van der Waals surface area contributed by atoms with Gasteiger partial charge in [-0.15, -0.1) is 0 Å². The number of methoxy groups -OCH3 is 1. The number of hydrogen-bond donors (Lipinski definition) is 1. The summed E-state index contributed by atoms with van der Waals surface area (Å²) in [5, 5.41) is 12.1. The largest absolute Gasteiger partial charge is 0.495 e. The van der Waals surface area contributed by atoms with Crippen LogP contribution in [0, 0.1) is 11.3 Å². The molecule has 0 spiro atoms. The van der Waals surface area contributed by atoms with Crippen molar-refractivity contribution in [1.82, 2.24) is 0 Å². The molecule has 0 fully saturated rings. The lowest BCUT2D eigenvalue weighted by Crippen LogP contribution is -2.14. The van der Waals surface area contributed by atoms with Gasteiger partial charge in [-0.05, 0) is 24.3 Å². The zero-order valence-corrected chi connectivity index (χ0v) is 14.3. The van der Waals surface area contributed by atoms with Gasteiger partial charge in [-0.25, -0.2) is 0 Å². The summed E-state index contributed by atoms with van der Waals surface area (Å²) in [6.45, 7) is 1.09. The van der Waals surface area contributed by atoms with Crippen molar-refractivity contribution in [3.63, 3.8) is 0 Å². The number of benzene rings is 2. The van der Waals surface area contributed by atoms with E-state index in [1.807, 2.05) is 6.07 Å². The van der Waals surface area contributed by atoms with Crippen LogP contribution >= 0.6 is 0 Å². The van der Waals surface area contributed by atoms with Crippen LogP contribution in [0.5, 0.6) is 17.2 Å². The van der Waals surface area contributed by atoms with Gasteiger partial charge in [-0.2, -0.15) is 5.26 Å². The number of hydrogen-bond acceptors (Lipinski definition) is 5. The molecule has 2 aromatic rings. The van der Waals surface area contributed by atoms with Gasteiger partial charge in [0.1, 0.15) is 17.4 Å². The third-order valence-corrected chi connectivity index (χ3v) is 3.82. The number of para-hydroxylation sites is 3. The molecule has 0 aliphatic carbocycles. The van der Waals surface area contributed by atoms with Gasteiger partial charge in [0.15, 0.2) is 11.5 Å². The summed E-state index contributed by atoms with van der Waals surface area (Å²) >= 11 is 0. The van der Waals surface area contributed by atoms with E-state index in [0.29, 0.717) is 41.7 Å². The van der Waals surface area contributed by atoms with Crippen molar-refractivity contribution in [3.05, 3.63) is 53.6 Å². The molecular weight excluding hydrogens is 332 g/mol. The molecule has 0 saturated carbocycles. The van der Waals surface area contributed by atoms with E-state index in [-0.39, 0.29) is 5.57 Å². The molecule has 1 N–H and O–H groups in total. The van der Waals surface area contributed by atoms with Crippen molar-refractivity contribution < 1.29 is 19.0 Å². The van der Waals surface area contributed by atoms with Crippen molar-refractivity contribution in [2.24, 2.45) is 0 Å². The number of amides is 1. The highest BCUT2D eigenvalue weighted by Gasteiger charge is 2.17. The smallest absolute Gasteiger partial charge is 0.266 e. The molecule has 1 heterocycles. The van der Waals surface area contributed by atoms with Gasteiger partial charge >= 0.3 is 0 Å². The van der Waals surface area contributed by atoms with E-state index < -0.39 is 5.91 Å². The van der Waals surface area contributed by atoms with E-state index in [0.717, 1.165) is 6.42 Å². The number of ether oxygens (including phenoxy) is 3. The maximum Gasteiger partial charge on any atom is 0.266 e. The summed E-state index contributed by atoms with van der Waals surface area (Å²) in [6, 6.07) is 14.3. The predicted molar refractivity (Wildman–Crippen MR) is 97.3 cm³/mol. The number of carbonyl (C=O) groups is 1. The van der Waals surface area contributed by atoms with E-state index in [9.17, 15) is 10.1 Å². The Morgan fingerprint density at radius 2 is 2.00 bits per heavy atom. The van der Waals surface area contributed by atoms with Crippen LogP contribution in [0.15, 0.2) is 48.0 Å². The molecule has 3 rings (SSSR count). The highest BCUT2D eigenvalue weighted by molar-refractivity contribution is 6.10.